The number of nitrogens with zero attached hydrogens (tertiary/aromatic N) is 3. The molecule has 2 unspecified atom stereocenters. The molecule has 0 bridgehead atoms. The van der Waals surface area contributed by atoms with E-state index in [4.69, 9.17) is 16.3 Å². The van der Waals surface area contributed by atoms with Crippen molar-refractivity contribution in [2.45, 2.75) is 32.6 Å². The third-order valence-corrected chi connectivity index (χ3v) is 5.13. The molecular formula is C19H28ClN3O2. The molecule has 0 N–H and O–H groups in total. The average Bonchev–Trinajstić information content (AvgIpc) is 2.56. The minimum atomic E-state index is 0.127. The third-order valence-electron chi connectivity index (χ3n) is 4.89. The number of piperazine rings is 1. The maximum atomic E-state index is 12.6. The molecule has 0 spiro atoms. The summed E-state index contributed by atoms with van der Waals surface area (Å²) in [6.07, 6.45) is 0.254. The van der Waals surface area contributed by atoms with Gasteiger partial charge in [-0.25, -0.2) is 0 Å². The van der Waals surface area contributed by atoms with E-state index in [-0.39, 0.29) is 18.1 Å². The Hall–Kier alpha value is -1.14. The Balaban J connectivity index is 1.43. The van der Waals surface area contributed by atoms with Crippen molar-refractivity contribution in [2.75, 3.05) is 45.8 Å². The fourth-order valence-corrected chi connectivity index (χ4v) is 3.88. The number of halogens is 1. The van der Waals surface area contributed by atoms with E-state index >= 15 is 0 Å². The molecule has 2 fully saturated rings. The Morgan fingerprint density at radius 2 is 1.76 bits per heavy atom. The van der Waals surface area contributed by atoms with Gasteiger partial charge in [-0.3, -0.25) is 14.6 Å². The van der Waals surface area contributed by atoms with Crippen LogP contribution in [-0.4, -0.2) is 78.6 Å². The van der Waals surface area contributed by atoms with Gasteiger partial charge in [-0.05, 0) is 31.5 Å². The monoisotopic (exact) mass is 365 g/mol. The van der Waals surface area contributed by atoms with Crippen LogP contribution < -0.4 is 0 Å². The summed E-state index contributed by atoms with van der Waals surface area (Å²) >= 11 is 6.06. The van der Waals surface area contributed by atoms with Gasteiger partial charge in [0.2, 0.25) is 5.91 Å². The zero-order valence-corrected chi connectivity index (χ0v) is 15.9. The van der Waals surface area contributed by atoms with Gasteiger partial charge in [0.25, 0.3) is 0 Å². The summed E-state index contributed by atoms with van der Waals surface area (Å²) in [5.74, 6) is 0.227. The summed E-state index contributed by atoms with van der Waals surface area (Å²) < 4.78 is 5.71. The summed E-state index contributed by atoms with van der Waals surface area (Å²) in [5, 5.41) is 0.788. The summed E-state index contributed by atoms with van der Waals surface area (Å²) in [5.41, 5.74) is 1.24. The second-order valence-corrected chi connectivity index (χ2v) is 7.67. The molecule has 2 aliphatic heterocycles. The van der Waals surface area contributed by atoms with Gasteiger partial charge in [0, 0.05) is 50.8 Å². The Kier molecular flexibility index (Phi) is 6.34. The molecule has 1 aromatic rings. The lowest BCUT2D eigenvalue weighted by Crippen LogP contribution is -2.53. The number of carbonyl (C=O) groups is 1. The molecule has 1 amide bonds. The molecule has 0 saturated carbocycles. The van der Waals surface area contributed by atoms with Gasteiger partial charge >= 0.3 is 0 Å². The van der Waals surface area contributed by atoms with Crippen molar-refractivity contribution >= 4 is 17.5 Å². The fourth-order valence-electron chi connectivity index (χ4n) is 3.67. The van der Waals surface area contributed by atoms with Gasteiger partial charge in [0.05, 0.1) is 18.8 Å². The molecule has 0 radical (unpaired) electrons. The minimum Gasteiger partial charge on any atom is -0.372 e. The maximum absolute atomic E-state index is 12.6. The van der Waals surface area contributed by atoms with Crippen molar-refractivity contribution in [1.29, 1.82) is 0 Å². The van der Waals surface area contributed by atoms with Crippen LogP contribution in [0.4, 0.5) is 0 Å². The Morgan fingerprint density at radius 3 is 2.40 bits per heavy atom. The second-order valence-electron chi connectivity index (χ2n) is 7.24. The van der Waals surface area contributed by atoms with Crippen LogP contribution >= 0.6 is 11.6 Å². The molecule has 0 aromatic heterocycles. The highest BCUT2D eigenvalue weighted by atomic mass is 35.5. The standard InChI is InChI=1S/C19H28ClN3O2/c1-15-11-23(12-16(2)25-15)19(24)14-22-8-6-21(7-9-22)13-17-4-3-5-18(20)10-17/h3-5,10,15-16H,6-9,11-14H2,1-2H3. The van der Waals surface area contributed by atoms with E-state index in [1.807, 2.05) is 36.9 Å². The smallest absolute Gasteiger partial charge is 0.236 e. The highest BCUT2D eigenvalue weighted by molar-refractivity contribution is 6.30. The van der Waals surface area contributed by atoms with Crippen molar-refractivity contribution in [3.8, 4) is 0 Å². The lowest BCUT2D eigenvalue weighted by atomic mass is 10.2. The van der Waals surface area contributed by atoms with Crippen LogP contribution in [0.25, 0.3) is 0 Å². The van der Waals surface area contributed by atoms with Crippen molar-refractivity contribution in [2.24, 2.45) is 0 Å². The van der Waals surface area contributed by atoms with E-state index in [0.29, 0.717) is 19.6 Å². The lowest BCUT2D eigenvalue weighted by Gasteiger charge is -2.38. The topological polar surface area (TPSA) is 36.0 Å². The first-order chi connectivity index (χ1) is 12.0. The van der Waals surface area contributed by atoms with E-state index in [1.165, 1.54) is 5.56 Å². The zero-order valence-electron chi connectivity index (χ0n) is 15.2. The van der Waals surface area contributed by atoms with Crippen LogP contribution in [0, 0.1) is 0 Å². The molecule has 6 heteroatoms. The van der Waals surface area contributed by atoms with Crippen LogP contribution in [0.15, 0.2) is 24.3 Å². The highest BCUT2D eigenvalue weighted by Crippen LogP contribution is 2.15. The molecule has 2 saturated heterocycles. The Labute approximate surface area is 155 Å². The molecule has 2 atom stereocenters. The first kappa shape index (κ1) is 18.6. The predicted molar refractivity (Wildman–Crippen MR) is 99.8 cm³/mol. The number of ether oxygens (including phenoxy) is 1. The van der Waals surface area contributed by atoms with Crippen LogP contribution in [0.3, 0.4) is 0 Å². The van der Waals surface area contributed by atoms with Crippen molar-refractivity contribution in [3.63, 3.8) is 0 Å². The molecule has 3 rings (SSSR count). The van der Waals surface area contributed by atoms with Crippen molar-refractivity contribution < 1.29 is 9.53 Å². The molecule has 5 nitrogen and oxygen atoms in total. The number of carbonyl (C=O) groups excluding carboxylic acids is 1. The van der Waals surface area contributed by atoms with Crippen LogP contribution in [0.2, 0.25) is 5.02 Å². The van der Waals surface area contributed by atoms with Gasteiger partial charge in [-0.1, -0.05) is 23.7 Å². The molecular weight excluding hydrogens is 338 g/mol. The van der Waals surface area contributed by atoms with Gasteiger partial charge in [-0.2, -0.15) is 0 Å². The molecule has 2 heterocycles. The zero-order chi connectivity index (χ0) is 17.8. The van der Waals surface area contributed by atoms with Crippen LogP contribution in [0.1, 0.15) is 19.4 Å². The van der Waals surface area contributed by atoms with E-state index in [9.17, 15) is 4.79 Å². The minimum absolute atomic E-state index is 0.127. The predicted octanol–water partition coefficient (Wildman–Crippen LogP) is 2.09. The number of morpholine rings is 1. The molecule has 1 aromatic carbocycles. The van der Waals surface area contributed by atoms with Gasteiger partial charge < -0.3 is 9.64 Å². The number of rotatable bonds is 4. The summed E-state index contributed by atoms with van der Waals surface area (Å²) in [6, 6.07) is 8.04. The normalized spacial score (nSPS) is 26.0. The maximum Gasteiger partial charge on any atom is 0.236 e. The van der Waals surface area contributed by atoms with E-state index in [1.54, 1.807) is 0 Å². The Morgan fingerprint density at radius 1 is 1.12 bits per heavy atom. The summed E-state index contributed by atoms with van der Waals surface area (Å²) in [6.45, 7) is 10.7. The summed E-state index contributed by atoms with van der Waals surface area (Å²) in [7, 11) is 0. The summed E-state index contributed by atoms with van der Waals surface area (Å²) in [4.78, 5) is 19.2. The lowest BCUT2D eigenvalue weighted by molar-refractivity contribution is -0.144. The quantitative estimate of drug-likeness (QED) is 0.818. The highest BCUT2D eigenvalue weighted by Gasteiger charge is 2.27. The SMILES string of the molecule is CC1CN(C(=O)CN2CCN(Cc3cccc(Cl)c3)CC2)CC(C)O1. The van der Waals surface area contributed by atoms with E-state index in [0.717, 1.165) is 37.7 Å². The Bertz CT molecular complexity index is 580. The van der Waals surface area contributed by atoms with Gasteiger partial charge in [-0.15, -0.1) is 0 Å². The van der Waals surface area contributed by atoms with E-state index < -0.39 is 0 Å². The number of hydrogen-bond donors (Lipinski definition) is 0. The van der Waals surface area contributed by atoms with Crippen molar-refractivity contribution in [1.82, 2.24) is 14.7 Å². The van der Waals surface area contributed by atoms with E-state index in [2.05, 4.69) is 15.9 Å². The number of benzene rings is 1. The first-order valence-electron chi connectivity index (χ1n) is 9.12. The number of hydrogen-bond acceptors (Lipinski definition) is 4. The largest absolute Gasteiger partial charge is 0.372 e. The fraction of sp³-hybridized carbons (Fsp3) is 0.632. The molecule has 138 valence electrons. The van der Waals surface area contributed by atoms with Crippen LogP contribution in [0.5, 0.6) is 0 Å². The first-order valence-corrected chi connectivity index (χ1v) is 9.50. The second kappa shape index (κ2) is 8.49. The average molecular weight is 366 g/mol. The molecule has 2 aliphatic rings. The molecule has 25 heavy (non-hydrogen) atoms. The van der Waals surface area contributed by atoms with Crippen LogP contribution in [-0.2, 0) is 16.1 Å². The van der Waals surface area contributed by atoms with Gasteiger partial charge in [0.1, 0.15) is 0 Å². The van der Waals surface area contributed by atoms with Gasteiger partial charge in [0.15, 0.2) is 0 Å². The van der Waals surface area contributed by atoms with Crippen molar-refractivity contribution in [3.05, 3.63) is 34.9 Å². The number of amides is 1. The third kappa shape index (κ3) is 5.42. The molecule has 0 aliphatic carbocycles.